The van der Waals surface area contributed by atoms with Crippen LogP contribution in [0.25, 0.3) is 0 Å². The van der Waals surface area contributed by atoms with Gasteiger partial charge in [0.15, 0.2) is 0 Å². The Morgan fingerprint density at radius 2 is 1.87 bits per heavy atom. The number of aromatic nitrogens is 1. The molecule has 1 aliphatic carbocycles. The number of nitrogens with zero attached hydrogens (tertiary/aromatic N) is 3. The molecule has 0 spiro atoms. The highest BCUT2D eigenvalue weighted by Gasteiger charge is 2.51. The highest BCUT2D eigenvalue weighted by molar-refractivity contribution is 9.10. The maximum Gasteiger partial charge on any atom is 0.239 e. The van der Waals surface area contributed by atoms with Crippen LogP contribution in [0.4, 0.5) is 5.69 Å². The van der Waals surface area contributed by atoms with E-state index in [4.69, 9.17) is 0 Å². The van der Waals surface area contributed by atoms with Crippen LogP contribution in [0.15, 0.2) is 16.7 Å². The maximum atomic E-state index is 13.0. The number of likely N-dealkylation sites (tertiary alicyclic amines) is 1. The lowest BCUT2D eigenvalue weighted by molar-refractivity contribution is -0.123. The van der Waals surface area contributed by atoms with E-state index in [0.29, 0.717) is 12.1 Å². The third-order valence-corrected chi connectivity index (χ3v) is 6.23. The molecular weight excluding hydrogens is 354 g/mol. The Morgan fingerprint density at radius 3 is 2.57 bits per heavy atom. The first-order chi connectivity index (χ1) is 11.0. The molecule has 3 heterocycles. The first-order valence-electron chi connectivity index (χ1n) is 8.72. The van der Waals surface area contributed by atoms with Crippen LogP contribution < -0.4 is 4.90 Å². The molecule has 0 aromatic carbocycles. The highest BCUT2D eigenvalue weighted by Crippen LogP contribution is 2.46. The van der Waals surface area contributed by atoms with Crippen LogP contribution in [-0.2, 0) is 10.2 Å². The highest BCUT2D eigenvalue weighted by atomic mass is 79.9. The molecule has 1 amide bonds. The Labute approximate surface area is 146 Å². The number of hydrogen-bond acceptors (Lipinski definition) is 3. The molecule has 0 bridgehead atoms. The van der Waals surface area contributed by atoms with Crippen molar-refractivity contribution in [1.82, 2.24) is 9.88 Å². The van der Waals surface area contributed by atoms with Crippen molar-refractivity contribution in [2.75, 3.05) is 18.0 Å². The van der Waals surface area contributed by atoms with E-state index in [1.54, 1.807) is 6.20 Å². The van der Waals surface area contributed by atoms with Gasteiger partial charge in [-0.1, -0.05) is 6.42 Å². The van der Waals surface area contributed by atoms with Gasteiger partial charge in [-0.3, -0.25) is 9.78 Å². The number of piperidine rings is 1. The molecule has 1 saturated heterocycles. The number of carbonyl (C=O) groups excluding carboxylic acids is 1. The van der Waals surface area contributed by atoms with Crippen molar-refractivity contribution in [3.05, 3.63) is 22.4 Å². The third-order valence-electron chi connectivity index (χ3n) is 5.80. The zero-order valence-corrected chi connectivity index (χ0v) is 15.5. The fraction of sp³-hybridized carbons (Fsp3) is 0.667. The van der Waals surface area contributed by atoms with Crippen molar-refractivity contribution in [1.29, 1.82) is 0 Å². The molecular formula is C18H24BrN3O. The minimum absolute atomic E-state index is 0.209. The fourth-order valence-corrected chi connectivity index (χ4v) is 4.64. The lowest BCUT2D eigenvalue weighted by Crippen LogP contribution is -2.57. The molecule has 0 unspecified atom stereocenters. The van der Waals surface area contributed by atoms with E-state index in [9.17, 15) is 4.79 Å². The van der Waals surface area contributed by atoms with Crippen LogP contribution in [0, 0.1) is 0 Å². The lowest BCUT2D eigenvalue weighted by Gasteiger charge is -2.47. The molecule has 4 nitrogen and oxygen atoms in total. The van der Waals surface area contributed by atoms with Crippen molar-refractivity contribution in [3.8, 4) is 0 Å². The molecule has 2 aliphatic heterocycles. The number of anilines is 1. The van der Waals surface area contributed by atoms with Gasteiger partial charge >= 0.3 is 0 Å². The molecule has 0 N–H and O–H groups in total. The van der Waals surface area contributed by atoms with Crippen LogP contribution in [0.5, 0.6) is 0 Å². The number of fused-ring (bicyclic) bond motifs is 1. The number of carbonyl (C=O) groups is 1. The summed E-state index contributed by atoms with van der Waals surface area (Å²) in [5.41, 5.74) is 1.43. The second-order valence-corrected chi connectivity index (χ2v) is 8.61. The molecule has 2 fully saturated rings. The standard InChI is InChI=1S/C18H24BrN3O/c1-18(2)16-15(8-12(19)11-20-16)22(17(18)23)14-9-13(10-14)21-6-4-3-5-7-21/h8,11,13-14H,3-7,9-10H2,1-2H3. The van der Waals surface area contributed by atoms with Crippen molar-refractivity contribution in [2.24, 2.45) is 0 Å². The maximum absolute atomic E-state index is 13.0. The summed E-state index contributed by atoms with van der Waals surface area (Å²) >= 11 is 3.50. The molecule has 1 saturated carbocycles. The van der Waals surface area contributed by atoms with Gasteiger partial charge in [-0.15, -0.1) is 0 Å². The largest absolute Gasteiger partial charge is 0.307 e. The first-order valence-corrected chi connectivity index (χ1v) is 9.51. The molecule has 0 radical (unpaired) electrons. The van der Waals surface area contributed by atoms with E-state index in [2.05, 4.69) is 31.9 Å². The van der Waals surface area contributed by atoms with Crippen LogP contribution in [0.3, 0.4) is 0 Å². The summed E-state index contributed by atoms with van der Waals surface area (Å²) in [6, 6.07) is 3.06. The van der Waals surface area contributed by atoms with Gasteiger partial charge in [0, 0.05) is 22.8 Å². The molecule has 3 aliphatic rings. The normalized spacial score (nSPS) is 30.2. The predicted molar refractivity (Wildman–Crippen MR) is 94.7 cm³/mol. The molecule has 124 valence electrons. The van der Waals surface area contributed by atoms with Gasteiger partial charge in [-0.25, -0.2) is 0 Å². The Bertz CT molecular complexity index is 633. The summed E-state index contributed by atoms with van der Waals surface area (Å²) in [6.07, 6.45) is 8.04. The Hall–Kier alpha value is -0.940. The Balaban J connectivity index is 1.54. The first kappa shape index (κ1) is 15.6. The average molecular weight is 378 g/mol. The summed E-state index contributed by atoms with van der Waals surface area (Å²) in [6.45, 7) is 6.47. The molecule has 4 rings (SSSR count). The second kappa shape index (κ2) is 5.55. The molecule has 0 atom stereocenters. The summed E-state index contributed by atoms with van der Waals surface area (Å²) in [5.74, 6) is 0.209. The van der Waals surface area contributed by atoms with E-state index in [-0.39, 0.29) is 5.91 Å². The van der Waals surface area contributed by atoms with E-state index in [1.807, 2.05) is 18.7 Å². The molecule has 1 aromatic rings. The fourth-order valence-electron chi connectivity index (χ4n) is 4.32. The zero-order chi connectivity index (χ0) is 16.2. The number of halogens is 1. The van der Waals surface area contributed by atoms with Crippen LogP contribution >= 0.6 is 15.9 Å². The van der Waals surface area contributed by atoms with Crippen LogP contribution in [0.1, 0.15) is 51.6 Å². The molecule has 1 aromatic heterocycles. The zero-order valence-electron chi connectivity index (χ0n) is 13.9. The van der Waals surface area contributed by atoms with Gasteiger partial charge < -0.3 is 9.80 Å². The quantitative estimate of drug-likeness (QED) is 0.791. The monoisotopic (exact) mass is 377 g/mol. The number of rotatable bonds is 2. The summed E-state index contributed by atoms with van der Waals surface area (Å²) in [4.78, 5) is 22.2. The van der Waals surface area contributed by atoms with Crippen LogP contribution in [-0.4, -0.2) is 41.0 Å². The minimum Gasteiger partial charge on any atom is -0.307 e. The summed E-state index contributed by atoms with van der Waals surface area (Å²) < 4.78 is 0.943. The molecule has 5 heteroatoms. The van der Waals surface area contributed by atoms with Gasteiger partial charge in [0.1, 0.15) is 0 Å². The minimum atomic E-state index is -0.508. The number of pyridine rings is 1. The SMILES string of the molecule is CC1(C)C(=O)N(C2CC(N3CCCCC3)C2)c2cc(Br)cnc21. The molecule has 23 heavy (non-hydrogen) atoms. The number of hydrogen-bond donors (Lipinski definition) is 0. The number of amides is 1. The smallest absolute Gasteiger partial charge is 0.239 e. The van der Waals surface area contributed by atoms with E-state index in [1.165, 1.54) is 32.4 Å². The van der Waals surface area contributed by atoms with Crippen molar-refractivity contribution in [2.45, 2.75) is 63.5 Å². The van der Waals surface area contributed by atoms with E-state index < -0.39 is 5.41 Å². The topological polar surface area (TPSA) is 36.4 Å². The van der Waals surface area contributed by atoms with Gasteiger partial charge in [0.05, 0.1) is 16.8 Å². The van der Waals surface area contributed by atoms with Crippen molar-refractivity contribution in [3.63, 3.8) is 0 Å². The van der Waals surface area contributed by atoms with Gasteiger partial charge in [0.2, 0.25) is 5.91 Å². The van der Waals surface area contributed by atoms with Crippen LogP contribution in [0.2, 0.25) is 0 Å². The Kier molecular flexibility index (Phi) is 3.76. The van der Waals surface area contributed by atoms with E-state index >= 15 is 0 Å². The van der Waals surface area contributed by atoms with Crippen molar-refractivity contribution < 1.29 is 4.79 Å². The van der Waals surface area contributed by atoms with Crippen molar-refractivity contribution >= 4 is 27.5 Å². The predicted octanol–water partition coefficient (Wildman–Crippen LogP) is 3.49. The van der Waals surface area contributed by atoms with Gasteiger partial charge in [-0.05, 0) is 74.6 Å². The average Bonchev–Trinajstić information content (AvgIpc) is 2.67. The van der Waals surface area contributed by atoms with Gasteiger partial charge in [-0.2, -0.15) is 0 Å². The second-order valence-electron chi connectivity index (χ2n) is 7.70. The summed E-state index contributed by atoms with van der Waals surface area (Å²) in [7, 11) is 0. The third kappa shape index (κ3) is 2.43. The summed E-state index contributed by atoms with van der Waals surface area (Å²) in [5, 5.41) is 0. The van der Waals surface area contributed by atoms with E-state index in [0.717, 1.165) is 28.7 Å². The lowest BCUT2D eigenvalue weighted by atomic mass is 9.83. The Morgan fingerprint density at radius 1 is 1.17 bits per heavy atom. The van der Waals surface area contributed by atoms with Gasteiger partial charge in [0.25, 0.3) is 0 Å².